The Morgan fingerprint density at radius 2 is 2.31 bits per heavy atom. The van der Waals surface area contributed by atoms with E-state index in [1.807, 2.05) is 0 Å². The molecule has 0 atom stereocenters. The van der Waals surface area contributed by atoms with Crippen LogP contribution in [0.15, 0.2) is 17.6 Å². The fourth-order valence-corrected chi connectivity index (χ4v) is 1.74. The number of rotatable bonds is 1. The monoisotopic (exact) mass is 197 g/mol. The van der Waals surface area contributed by atoms with Crippen molar-refractivity contribution in [3.8, 4) is 0 Å². The predicted molar refractivity (Wildman–Crippen MR) is 46.5 cm³/mol. The molecule has 0 aliphatic rings. The van der Waals surface area contributed by atoms with Gasteiger partial charge in [-0.15, -0.1) is 11.3 Å². The molecule has 2 aromatic rings. The number of nitrogens with zero attached hydrogens (tertiary/aromatic N) is 1. The van der Waals surface area contributed by atoms with Gasteiger partial charge in [-0.2, -0.15) is 0 Å². The van der Waals surface area contributed by atoms with Crippen LogP contribution in [0.3, 0.4) is 0 Å². The molecule has 1 aromatic heterocycles. The van der Waals surface area contributed by atoms with Crippen molar-refractivity contribution in [1.29, 1.82) is 0 Å². The Morgan fingerprint density at radius 1 is 1.54 bits per heavy atom. The summed E-state index contributed by atoms with van der Waals surface area (Å²) in [5.74, 6) is -2.00. The van der Waals surface area contributed by atoms with Crippen LogP contribution in [0.2, 0.25) is 0 Å². The molecule has 0 aliphatic carbocycles. The highest BCUT2D eigenvalue weighted by Crippen LogP contribution is 2.21. The van der Waals surface area contributed by atoms with Crippen LogP contribution in [0.1, 0.15) is 10.4 Å². The molecule has 66 valence electrons. The standard InChI is InChI=1S/C8H4FNO2S/c9-5-2-6-7(13-3-10-6)1-4(5)8(11)12/h1-3H,(H,11,12). The molecule has 1 N–H and O–H groups in total. The largest absolute Gasteiger partial charge is 0.478 e. The van der Waals surface area contributed by atoms with Gasteiger partial charge < -0.3 is 5.11 Å². The van der Waals surface area contributed by atoms with Crippen molar-refractivity contribution in [2.45, 2.75) is 0 Å². The van der Waals surface area contributed by atoms with Crippen molar-refractivity contribution in [2.24, 2.45) is 0 Å². The molecule has 0 saturated heterocycles. The smallest absolute Gasteiger partial charge is 0.338 e. The lowest BCUT2D eigenvalue weighted by atomic mass is 10.2. The first-order chi connectivity index (χ1) is 6.18. The van der Waals surface area contributed by atoms with Crippen molar-refractivity contribution < 1.29 is 14.3 Å². The second-order valence-electron chi connectivity index (χ2n) is 2.46. The van der Waals surface area contributed by atoms with Crippen LogP contribution in [0.4, 0.5) is 4.39 Å². The highest BCUT2D eigenvalue weighted by molar-refractivity contribution is 7.16. The Balaban J connectivity index is 2.76. The van der Waals surface area contributed by atoms with Crippen molar-refractivity contribution in [1.82, 2.24) is 4.98 Å². The van der Waals surface area contributed by atoms with Crippen LogP contribution in [0.25, 0.3) is 10.2 Å². The number of carboxylic acid groups (broad SMARTS) is 1. The SMILES string of the molecule is O=C(O)c1cc2scnc2cc1F. The highest BCUT2D eigenvalue weighted by Gasteiger charge is 2.12. The normalized spacial score (nSPS) is 10.5. The number of fused-ring (bicyclic) bond motifs is 1. The molecule has 0 fully saturated rings. The summed E-state index contributed by atoms with van der Waals surface area (Å²) in [4.78, 5) is 14.4. The fraction of sp³-hybridized carbons (Fsp3) is 0. The van der Waals surface area contributed by atoms with Crippen LogP contribution in [0, 0.1) is 5.82 Å². The fourth-order valence-electron chi connectivity index (χ4n) is 1.04. The van der Waals surface area contributed by atoms with Crippen LogP contribution >= 0.6 is 11.3 Å². The van der Waals surface area contributed by atoms with Gasteiger partial charge in [0.1, 0.15) is 5.82 Å². The van der Waals surface area contributed by atoms with Gasteiger partial charge in [0.25, 0.3) is 0 Å². The van der Waals surface area contributed by atoms with Crippen LogP contribution < -0.4 is 0 Å². The van der Waals surface area contributed by atoms with Gasteiger partial charge in [0.15, 0.2) is 0 Å². The van der Waals surface area contributed by atoms with E-state index in [1.165, 1.54) is 17.4 Å². The van der Waals surface area contributed by atoms with Gasteiger partial charge in [0, 0.05) is 6.07 Å². The third kappa shape index (κ3) is 1.27. The summed E-state index contributed by atoms with van der Waals surface area (Å²) in [5.41, 5.74) is 1.74. The van der Waals surface area contributed by atoms with Crippen molar-refractivity contribution >= 4 is 27.5 Å². The van der Waals surface area contributed by atoms with Crippen LogP contribution in [-0.4, -0.2) is 16.1 Å². The molecular weight excluding hydrogens is 193 g/mol. The number of carbonyl (C=O) groups is 1. The molecule has 0 unspecified atom stereocenters. The van der Waals surface area contributed by atoms with Gasteiger partial charge in [-0.3, -0.25) is 0 Å². The Hall–Kier alpha value is -1.49. The topological polar surface area (TPSA) is 50.2 Å². The first-order valence-electron chi connectivity index (χ1n) is 3.44. The van der Waals surface area contributed by atoms with Crippen molar-refractivity contribution in [2.75, 3.05) is 0 Å². The first-order valence-corrected chi connectivity index (χ1v) is 4.32. The molecule has 13 heavy (non-hydrogen) atoms. The molecule has 0 amide bonds. The van der Waals surface area contributed by atoms with E-state index in [0.717, 1.165) is 6.07 Å². The molecule has 0 bridgehead atoms. The zero-order chi connectivity index (χ0) is 9.42. The van der Waals surface area contributed by atoms with Crippen LogP contribution in [0.5, 0.6) is 0 Å². The zero-order valence-electron chi connectivity index (χ0n) is 6.32. The second-order valence-corrected chi connectivity index (χ2v) is 3.34. The number of halogens is 1. The molecule has 1 aromatic carbocycles. The molecule has 3 nitrogen and oxygen atoms in total. The Labute approximate surface area is 76.5 Å². The maximum atomic E-state index is 13.0. The highest BCUT2D eigenvalue weighted by atomic mass is 32.1. The number of aromatic carboxylic acids is 1. The van der Waals surface area contributed by atoms with E-state index in [9.17, 15) is 9.18 Å². The van der Waals surface area contributed by atoms with Gasteiger partial charge in [0.05, 0.1) is 21.3 Å². The third-order valence-corrected chi connectivity index (χ3v) is 2.44. The quantitative estimate of drug-likeness (QED) is 0.761. The first kappa shape index (κ1) is 8.12. The summed E-state index contributed by atoms with van der Waals surface area (Å²) in [7, 11) is 0. The lowest BCUT2D eigenvalue weighted by molar-refractivity contribution is 0.0692. The molecule has 0 saturated carbocycles. The summed E-state index contributed by atoms with van der Waals surface area (Å²) in [5, 5.41) is 8.61. The van der Waals surface area contributed by atoms with Gasteiger partial charge in [0.2, 0.25) is 0 Å². The minimum atomic E-state index is -1.26. The summed E-state index contributed by atoms with van der Waals surface area (Å²) in [6, 6.07) is 2.43. The predicted octanol–water partition coefficient (Wildman–Crippen LogP) is 2.13. The van der Waals surface area contributed by atoms with E-state index in [1.54, 1.807) is 5.51 Å². The average Bonchev–Trinajstić information content (AvgIpc) is 2.48. The Morgan fingerprint density at radius 3 is 3.00 bits per heavy atom. The van der Waals surface area contributed by atoms with Crippen molar-refractivity contribution in [3.63, 3.8) is 0 Å². The Kier molecular flexibility index (Phi) is 1.73. The van der Waals surface area contributed by atoms with E-state index in [-0.39, 0.29) is 5.56 Å². The molecule has 0 radical (unpaired) electrons. The van der Waals surface area contributed by atoms with Gasteiger partial charge in [-0.05, 0) is 6.07 Å². The number of hydrogen-bond acceptors (Lipinski definition) is 3. The summed E-state index contributed by atoms with van der Waals surface area (Å²) in [6.07, 6.45) is 0. The maximum Gasteiger partial charge on any atom is 0.338 e. The molecular formula is C8H4FNO2S. The minimum Gasteiger partial charge on any atom is -0.478 e. The van der Waals surface area contributed by atoms with E-state index in [2.05, 4.69) is 4.98 Å². The minimum absolute atomic E-state index is 0.309. The maximum absolute atomic E-state index is 13.0. The van der Waals surface area contributed by atoms with E-state index in [4.69, 9.17) is 5.11 Å². The Bertz CT molecular complexity index is 480. The second kappa shape index (κ2) is 2.77. The number of hydrogen-bond donors (Lipinski definition) is 1. The lowest BCUT2D eigenvalue weighted by Crippen LogP contribution is -1.99. The van der Waals surface area contributed by atoms with Gasteiger partial charge in [-0.1, -0.05) is 0 Å². The number of benzene rings is 1. The third-order valence-electron chi connectivity index (χ3n) is 1.65. The lowest BCUT2D eigenvalue weighted by Gasteiger charge is -1.95. The van der Waals surface area contributed by atoms with E-state index >= 15 is 0 Å². The summed E-state index contributed by atoms with van der Waals surface area (Å²) >= 11 is 1.29. The van der Waals surface area contributed by atoms with Crippen molar-refractivity contribution in [3.05, 3.63) is 29.0 Å². The van der Waals surface area contributed by atoms with E-state index < -0.39 is 11.8 Å². The number of aromatic nitrogens is 1. The summed E-state index contributed by atoms with van der Waals surface area (Å²) in [6.45, 7) is 0. The van der Waals surface area contributed by atoms with E-state index in [0.29, 0.717) is 10.2 Å². The molecule has 2 rings (SSSR count). The molecule has 5 heteroatoms. The number of thiazole rings is 1. The average molecular weight is 197 g/mol. The van der Waals surface area contributed by atoms with Gasteiger partial charge in [-0.25, -0.2) is 14.2 Å². The molecule has 0 aliphatic heterocycles. The van der Waals surface area contributed by atoms with Gasteiger partial charge >= 0.3 is 5.97 Å². The zero-order valence-corrected chi connectivity index (χ0v) is 7.14. The molecule has 0 spiro atoms. The number of carboxylic acids is 1. The van der Waals surface area contributed by atoms with Crippen LogP contribution in [-0.2, 0) is 0 Å². The molecule has 1 heterocycles. The summed E-state index contributed by atoms with van der Waals surface area (Å²) < 4.78 is 13.7.